The van der Waals surface area contributed by atoms with Gasteiger partial charge in [0.15, 0.2) is 0 Å². The Bertz CT molecular complexity index is 567. The number of carboxylic acid groups (broad SMARTS) is 1. The molecule has 2 heterocycles. The zero-order valence-electron chi connectivity index (χ0n) is 10.6. The highest BCUT2D eigenvalue weighted by molar-refractivity contribution is 5.88. The Hall–Kier alpha value is -2.27. The van der Waals surface area contributed by atoms with Gasteiger partial charge in [0.05, 0.1) is 11.3 Å². The predicted octanol–water partition coefficient (Wildman–Crippen LogP) is 1.77. The first-order valence-corrected chi connectivity index (χ1v) is 5.96. The van der Waals surface area contributed by atoms with Crippen molar-refractivity contribution in [2.45, 2.75) is 20.0 Å². The Kier molecular flexibility index (Phi) is 4.20. The zero-order chi connectivity index (χ0) is 13.7. The van der Waals surface area contributed by atoms with Crippen LogP contribution in [0.25, 0.3) is 0 Å². The molecule has 0 saturated heterocycles. The predicted molar refractivity (Wildman–Crippen MR) is 70.7 cm³/mol. The highest BCUT2D eigenvalue weighted by atomic mass is 16.4. The number of hydrogen-bond acceptors (Lipinski definition) is 4. The van der Waals surface area contributed by atoms with E-state index in [1.54, 1.807) is 24.5 Å². The maximum absolute atomic E-state index is 11.0. The fraction of sp³-hybridized carbons (Fsp3) is 0.214. The van der Waals surface area contributed by atoms with Gasteiger partial charge >= 0.3 is 5.97 Å². The highest BCUT2D eigenvalue weighted by Crippen LogP contribution is 2.05. The van der Waals surface area contributed by atoms with Gasteiger partial charge in [0.1, 0.15) is 0 Å². The molecule has 0 unspecified atom stereocenters. The van der Waals surface area contributed by atoms with Gasteiger partial charge in [-0.15, -0.1) is 0 Å². The van der Waals surface area contributed by atoms with Crippen molar-refractivity contribution >= 4 is 5.97 Å². The van der Waals surface area contributed by atoms with E-state index in [1.165, 1.54) is 0 Å². The first-order chi connectivity index (χ1) is 9.16. The molecule has 0 amide bonds. The van der Waals surface area contributed by atoms with E-state index >= 15 is 0 Å². The molecule has 0 saturated carbocycles. The van der Waals surface area contributed by atoms with Crippen molar-refractivity contribution in [2.24, 2.45) is 0 Å². The molecule has 5 nitrogen and oxygen atoms in total. The van der Waals surface area contributed by atoms with Crippen molar-refractivity contribution in [3.63, 3.8) is 0 Å². The van der Waals surface area contributed by atoms with Crippen molar-refractivity contribution in [1.82, 2.24) is 15.3 Å². The van der Waals surface area contributed by atoms with Gasteiger partial charge in [0.2, 0.25) is 0 Å². The smallest absolute Gasteiger partial charge is 0.337 e. The summed E-state index contributed by atoms with van der Waals surface area (Å²) in [5.74, 6) is -0.957. The number of nitrogens with one attached hydrogen (secondary N) is 1. The average Bonchev–Trinajstić information content (AvgIpc) is 2.41. The van der Waals surface area contributed by atoms with Crippen molar-refractivity contribution in [3.8, 4) is 0 Å². The number of aryl methyl sites for hydroxylation is 1. The average molecular weight is 257 g/mol. The molecule has 0 radical (unpaired) electrons. The Balaban J connectivity index is 1.96. The minimum Gasteiger partial charge on any atom is -0.478 e. The molecule has 0 aliphatic carbocycles. The topological polar surface area (TPSA) is 75.1 Å². The summed E-state index contributed by atoms with van der Waals surface area (Å²) in [5, 5.41) is 12.2. The van der Waals surface area contributed by atoms with Crippen molar-refractivity contribution < 1.29 is 9.90 Å². The number of aromatic nitrogens is 2. The second kappa shape index (κ2) is 6.06. The summed E-state index contributed by atoms with van der Waals surface area (Å²) in [6.07, 6.45) is 3.40. The zero-order valence-corrected chi connectivity index (χ0v) is 10.6. The third-order valence-electron chi connectivity index (χ3n) is 2.71. The summed E-state index contributed by atoms with van der Waals surface area (Å²) in [4.78, 5) is 19.3. The van der Waals surface area contributed by atoms with Gasteiger partial charge in [0.25, 0.3) is 0 Å². The number of pyridine rings is 2. The summed E-state index contributed by atoms with van der Waals surface area (Å²) in [5.41, 5.74) is 2.80. The molecule has 0 atom stereocenters. The molecular formula is C14H15N3O2. The van der Waals surface area contributed by atoms with Gasteiger partial charge in [0, 0.05) is 31.2 Å². The third kappa shape index (κ3) is 3.59. The lowest BCUT2D eigenvalue weighted by Gasteiger charge is -2.07. The number of rotatable bonds is 5. The normalized spacial score (nSPS) is 10.4. The Labute approximate surface area is 111 Å². The van der Waals surface area contributed by atoms with E-state index in [0.717, 1.165) is 11.3 Å². The van der Waals surface area contributed by atoms with Crippen LogP contribution in [0.2, 0.25) is 0 Å². The molecule has 0 bridgehead atoms. The minimum atomic E-state index is -0.957. The largest absolute Gasteiger partial charge is 0.478 e. The van der Waals surface area contributed by atoms with E-state index in [0.29, 0.717) is 18.8 Å². The molecule has 0 aromatic carbocycles. The van der Waals surface area contributed by atoms with E-state index in [4.69, 9.17) is 5.11 Å². The molecule has 2 rings (SSSR count). The number of hydrogen-bond donors (Lipinski definition) is 2. The molecular weight excluding hydrogens is 242 g/mol. The van der Waals surface area contributed by atoms with Crippen molar-refractivity contribution in [2.75, 3.05) is 0 Å². The molecule has 0 fully saturated rings. The second-order valence-electron chi connectivity index (χ2n) is 4.21. The lowest BCUT2D eigenvalue weighted by atomic mass is 10.2. The van der Waals surface area contributed by atoms with Crippen molar-refractivity contribution in [1.29, 1.82) is 0 Å². The van der Waals surface area contributed by atoms with E-state index in [-0.39, 0.29) is 5.56 Å². The van der Waals surface area contributed by atoms with Crippen LogP contribution in [0.15, 0.2) is 36.7 Å². The molecule has 0 aliphatic heterocycles. The van der Waals surface area contributed by atoms with Crippen LogP contribution in [0.3, 0.4) is 0 Å². The number of nitrogens with zero attached hydrogens (tertiary/aromatic N) is 2. The van der Waals surface area contributed by atoms with Crippen LogP contribution in [-0.2, 0) is 13.1 Å². The number of aromatic carboxylic acids is 1. The highest BCUT2D eigenvalue weighted by Gasteiger charge is 2.09. The molecule has 2 aromatic rings. The van der Waals surface area contributed by atoms with Gasteiger partial charge in [-0.25, -0.2) is 4.79 Å². The second-order valence-corrected chi connectivity index (χ2v) is 4.21. The standard InChI is InChI=1S/C14H15N3O2/c1-10-4-5-11(8-17-10)7-15-9-13-12(14(18)19)3-2-6-16-13/h2-6,8,15H,7,9H2,1H3,(H,18,19). The quantitative estimate of drug-likeness (QED) is 0.853. The minimum absolute atomic E-state index is 0.233. The molecule has 19 heavy (non-hydrogen) atoms. The molecule has 5 heteroatoms. The van der Waals surface area contributed by atoms with Crippen LogP contribution in [0.1, 0.15) is 27.3 Å². The van der Waals surface area contributed by atoms with Gasteiger partial charge < -0.3 is 10.4 Å². The van der Waals surface area contributed by atoms with E-state index in [1.807, 2.05) is 19.1 Å². The number of carboxylic acids is 1. The van der Waals surface area contributed by atoms with Gasteiger partial charge in [-0.3, -0.25) is 9.97 Å². The summed E-state index contributed by atoms with van der Waals surface area (Å²) >= 11 is 0. The summed E-state index contributed by atoms with van der Waals surface area (Å²) in [7, 11) is 0. The number of carbonyl (C=O) groups is 1. The van der Waals surface area contributed by atoms with E-state index < -0.39 is 5.97 Å². The molecule has 0 spiro atoms. The van der Waals surface area contributed by atoms with E-state index in [9.17, 15) is 4.79 Å². The van der Waals surface area contributed by atoms with Crippen LogP contribution in [0, 0.1) is 6.92 Å². The molecule has 0 aliphatic rings. The lowest BCUT2D eigenvalue weighted by Crippen LogP contribution is -2.16. The monoisotopic (exact) mass is 257 g/mol. The third-order valence-corrected chi connectivity index (χ3v) is 2.71. The maximum Gasteiger partial charge on any atom is 0.337 e. The maximum atomic E-state index is 11.0. The fourth-order valence-electron chi connectivity index (χ4n) is 1.70. The molecule has 2 aromatic heterocycles. The Morgan fingerprint density at radius 2 is 2.11 bits per heavy atom. The van der Waals surface area contributed by atoms with Crippen molar-refractivity contribution in [3.05, 3.63) is 59.2 Å². The SMILES string of the molecule is Cc1ccc(CNCc2ncccc2C(=O)O)cn1. The first-order valence-electron chi connectivity index (χ1n) is 5.96. The first kappa shape index (κ1) is 13.2. The van der Waals surface area contributed by atoms with Gasteiger partial charge in [-0.1, -0.05) is 6.07 Å². The lowest BCUT2D eigenvalue weighted by molar-refractivity contribution is 0.0695. The van der Waals surface area contributed by atoms with E-state index in [2.05, 4.69) is 15.3 Å². The molecule has 2 N–H and O–H groups in total. The summed E-state index contributed by atoms with van der Waals surface area (Å²) in [6.45, 7) is 2.98. The Morgan fingerprint density at radius 3 is 2.79 bits per heavy atom. The van der Waals surface area contributed by atoms with Gasteiger partial charge in [-0.05, 0) is 30.7 Å². The van der Waals surface area contributed by atoms with Crippen LogP contribution < -0.4 is 5.32 Å². The van der Waals surface area contributed by atoms with Gasteiger partial charge in [-0.2, -0.15) is 0 Å². The summed E-state index contributed by atoms with van der Waals surface area (Å²) in [6, 6.07) is 7.11. The van der Waals surface area contributed by atoms with Crippen LogP contribution >= 0.6 is 0 Å². The van der Waals surface area contributed by atoms with Crippen LogP contribution in [0.4, 0.5) is 0 Å². The fourth-order valence-corrected chi connectivity index (χ4v) is 1.70. The van der Waals surface area contributed by atoms with Crippen LogP contribution in [0.5, 0.6) is 0 Å². The molecule has 98 valence electrons. The van der Waals surface area contributed by atoms with Crippen LogP contribution in [-0.4, -0.2) is 21.0 Å². The Morgan fingerprint density at radius 1 is 1.26 bits per heavy atom. The summed E-state index contributed by atoms with van der Waals surface area (Å²) < 4.78 is 0.